The number of carbonyl (C=O) groups excluding carboxylic acids is 1. The highest BCUT2D eigenvalue weighted by molar-refractivity contribution is 7.91. The summed E-state index contributed by atoms with van der Waals surface area (Å²) in [5.41, 5.74) is 0.499. The van der Waals surface area contributed by atoms with Gasteiger partial charge in [-0.15, -0.1) is 0 Å². The first kappa shape index (κ1) is 16.3. The zero-order valence-electron chi connectivity index (χ0n) is 12.9. The molecule has 3 rings (SSSR count). The number of hydrogen-bond donors (Lipinski definition) is 1. The predicted molar refractivity (Wildman–Crippen MR) is 85.4 cm³/mol. The zero-order chi connectivity index (χ0) is 16.3. The van der Waals surface area contributed by atoms with E-state index in [-0.39, 0.29) is 29.6 Å². The fourth-order valence-corrected chi connectivity index (χ4v) is 4.52. The molecule has 7 heteroatoms. The van der Waals surface area contributed by atoms with Crippen LogP contribution in [0.4, 0.5) is 0 Å². The van der Waals surface area contributed by atoms with Gasteiger partial charge >= 0.3 is 0 Å². The maximum atomic E-state index is 12.1. The van der Waals surface area contributed by atoms with Crippen LogP contribution in [0.25, 0.3) is 0 Å². The SMILES string of the molecule is O=C(N[C@@H]1CCS(=O)(=O)C1)c1ccc(OC[C@@H]2CCCO2)cc1. The lowest BCUT2D eigenvalue weighted by Gasteiger charge is -2.13. The third-order valence-electron chi connectivity index (χ3n) is 4.14. The van der Waals surface area contributed by atoms with E-state index in [1.807, 2.05) is 0 Å². The van der Waals surface area contributed by atoms with Crippen molar-refractivity contribution in [3.63, 3.8) is 0 Å². The highest BCUT2D eigenvalue weighted by Gasteiger charge is 2.29. The highest BCUT2D eigenvalue weighted by atomic mass is 32.2. The molecule has 1 amide bonds. The molecular formula is C16H21NO5S. The molecule has 6 nitrogen and oxygen atoms in total. The molecule has 2 fully saturated rings. The largest absolute Gasteiger partial charge is 0.491 e. The van der Waals surface area contributed by atoms with Crippen molar-refractivity contribution in [2.24, 2.45) is 0 Å². The minimum Gasteiger partial charge on any atom is -0.491 e. The average Bonchev–Trinajstić information content (AvgIpc) is 3.15. The van der Waals surface area contributed by atoms with E-state index in [9.17, 15) is 13.2 Å². The maximum absolute atomic E-state index is 12.1. The van der Waals surface area contributed by atoms with Crippen LogP contribution in [-0.2, 0) is 14.6 Å². The Labute approximate surface area is 136 Å². The van der Waals surface area contributed by atoms with Crippen LogP contribution in [0.3, 0.4) is 0 Å². The first-order valence-electron chi connectivity index (χ1n) is 7.88. The van der Waals surface area contributed by atoms with Gasteiger partial charge in [-0.2, -0.15) is 0 Å². The summed E-state index contributed by atoms with van der Waals surface area (Å²) in [6.45, 7) is 1.31. The molecule has 2 saturated heterocycles. The Morgan fingerprint density at radius 3 is 2.65 bits per heavy atom. The van der Waals surface area contributed by atoms with Gasteiger partial charge in [0.1, 0.15) is 12.4 Å². The molecular weight excluding hydrogens is 318 g/mol. The lowest BCUT2D eigenvalue weighted by Crippen LogP contribution is -2.35. The van der Waals surface area contributed by atoms with Crippen LogP contribution in [0, 0.1) is 0 Å². The minimum absolute atomic E-state index is 0.0291. The number of nitrogens with one attached hydrogen (secondary N) is 1. The summed E-state index contributed by atoms with van der Waals surface area (Å²) < 4.78 is 34.0. The molecule has 1 aromatic rings. The van der Waals surface area contributed by atoms with E-state index in [0.29, 0.717) is 24.3 Å². The van der Waals surface area contributed by atoms with Gasteiger partial charge in [-0.1, -0.05) is 0 Å². The molecule has 0 bridgehead atoms. The second kappa shape index (κ2) is 6.88. The second-order valence-corrected chi connectivity index (χ2v) is 8.27. The van der Waals surface area contributed by atoms with Gasteiger partial charge in [-0.05, 0) is 43.5 Å². The van der Waals surface area contributed by atoms with Crippen LogP contribution in [-0.4, -0.2) is 51.2 Å². The third kappa shape index (κ3) is 4.45. The molecule has 1 aromatic carbocycles. The highest BCUT2D eigenvalue weighted by Crippen LogP contribution is 2.17. The standard InChI is InChI=1S/C16H21NO5S/c18-16(17-13-7-9-23(19,20)11-13)12-3-5-14(6-4-12)22-10-15-2-1-8-21-15/h3-6,13,15H,1-2,7-11H2,(H,17,18)/t13-,15+/m1/s1. The molecule has 0 saturated carbocycles. The van der Waals surface area contributed by atoms with Gasteiger partial charge in [0.2, 0.25) is 0 Å². The Kier molecular flexibility index (Phi) is 4.87. The fourth-order valence-electron chi connectivity index (χ4n) is 2.85. The Bertz CT molecular complexity index is 650. The normalized spacial score (nSPS) is 26.1. The molecule has 126 valence electrons. The lowest BCUT2D eigenvalue weighted by atomic mass is 10.2. The molecule has 23 heavy (non-hydrogen) atoms. The molecule has 2 aliphatic heterocycles. The van der Waals surface area contributed by atoms with Crippen LogP contribution in [0.15, 0.2) is 24.3 Å². The van der Waals surface area contributed by atoms with Crippen molar-refractivity contribution in [3.05, 3.63) is 29.8 Å². The summed E-state index contributed by atoms with van der Waals surface area (Å²) in [5, 5.41) is 2.77. The van der Waals surface area contributed by atoms with Crippen molar-refractivity contribution in [2.75, 3.05) is 24.7 Å². The van der Waals surface area contributed by atoms with Crippen LogP contribution >= 0.6 is 0 Å². The van der Waals surface area contributed by atoms with Crippen molar-refractivity contribution >= 4 is 15.7 Å². The first-order valence-corrected chi connectivity index (χ1v) is 9.70. The van der Waals surface area contributed by atoms with E-state index < -0.39 is 9.84 Å². The van der Waals surface area contributed by atoms with Crippen LogP contribution in [0.2, 0.25) is 0 Å². The van der Waals surface area contributed by atoms with Gasteiger partial charge in [-0.3, -0.25) is 4.79 Å². The Balaban J connectivity index is 1.51. The maximum Gasteiger partial charge on any atom is 0.251 e. The summed E-state index contributed by atoms with van der Waals surface area (Å²) in [6, 6.07) is 6.57. The molecule has 2 atom stereocenters. The fraction of sp³-hybridized carbons (Fsp3) is 0.562. The number of ether oxygens (including phenoxy) is 2. The number of hydrogen-bond acceptors (Lipinski definition) is 5. The van der Waals surface area contributed by atoms with Crippen molar-refractivity contribution in [1.82, 2.24) is 5.32 Å². The van der Waals surface area contributed by atoms with E-state index in [2.05, 4.69) is 5.32 Å². The smallest absolute Gasteiger partial charge is 0.251 e. The second-order valence-electron chi connectivity index (χ2n) is 6.04. The van der Waals surface area contributed by atoms with E-state index >= 15 is 0 Å². The van der Waals surface area contributed by atoms with Gasteiger partial charge < -0.3 is 14.8 Å². The zero-order valence-corrected chi connectivity index (χ0v) is 13.7. The van der Waals surface area contributed by atoms with Crippen LogP contribution in [0.1, 0.15) is 29.6 Å². The quantitative estimate of drug-likeness (QED) is 0.871. The number of rotatable bonds is 5. The molecule has 2 heterocycles. The number of sulfone groups is 1. The Hall–Kier alpha value is -1.60. The monoisotopic (exact) mass is 339 g/mol. The van der Waals surface area contributed by atoms with E-state index in [4.69, 9.17) is 9.47 Å². The van der Waals surface area contributed by atoms with E-state index in [1.165, 1.54) is 0 Å². The van der Waals surface area contributed by atoms with Crippen LogP contribution < -0.4 is 10.1 Å². The van der Waals surface area contributed by atoms with E-state index in [0.717, 1.165) is 19.4 Å². The van der Waals surface area contributed by atoms with Gasteiger partial charge in [0, 0.05) is 18.2 Å². The number of carbonyl (C=O) groups is 1. The topological polar surface area (TPSA) is 81.7 Å². The van der Waals surface area contributed by atoms with Crippen molar-refractivity contribution < 1.29 is 22.7 Å². The Morgan fingerprint density at radius 2 is 2.04 bits per heavy atom. The van der Waals surface area contributed by atoms with Gasteiger partial charge in [-0.25, -0.2) is 8.42 Å². The molecule has 1 N–H and O–H groups in total. The first-order chi connectivity index (χ1) is 11.0. The molecule has 0 radical (unpaired) electrons. The molecule has 0 aliphatic carbocycles. The predicted octanol–water partition coefficient (Wildman–Crippen LogP) is 1.16. The van der Waals surface area contributed by atoms with Crippen molar-refractivity contribution in [2.45, 2.75) is 31.4 Å². The summed E-state index contributed by atoms with van der Waals surface area (Å²) in [5.74, 6) is 0.619. The molecule has 0 unspecified atom stereocenters. The number of benzene rings is 1. The summed E-state index contributed by atoms with van der Waals surface area (Å²) in [6.07, 6.45) is 2.73. The summed E-state index contributed by atoms with van der Waals surface area (Å²) >= 11 is 0. The van der Waals surface area contributed by atoms with Gasteiger partial charge in [0.05, 0.1) is 17.6 Å². The summed E-state index contributed by atoms with van der Waals surface area (Å²) in [7, 11) is -2.99. The average molecular weight is 339 g/mol. The summed E-state index contributed by atoms with van der Waals surface area (Å²) in [4.78, 5) is 12.1. The molecule has 0 spiro atoms. The third-order valence-corrected chi connectivity index (χ3v) is 5.91. The minimum atomic E-state index is -2.99. The van der Waals surface area contributed by atoms with Crippen molar-refractivity contribution in [1.29, 1.82) is 0 Å². The lowest BCUT2D eigenvalue weighted by molar-refractivity contribution is 0.0679. The van der Waals surface area contributed by atoms with Gasteiger partial charge in [0.15, 0.2) is 9.84 Å². The van der Waals surface area contributed by atoms with Crippen LogP contribution in [0.5, 0.6) is 5.75 Å². The van der Waals surface area contributed by atoms with Crippen molar-refractivity contribution in [3.8, 4) is 5.75 Å². The van der Waals surface area contributed by atoms with Gasteiger partial charge in [0.25, 0.3) is 5.91 Å². The molecule has 2 aliphatic rings. The number of amides is 1. The molecule has 0 aromatic heterocycles. The Morgan fingerprint density at radius 1 is 1.26 bits per heavy atom. The van der Waals surface area contributed by atoms with E-state index in [1.54, 1.807) is 24.3 Å².